The maximum absolute atomic E-state index is 12.2. The van der Waals surface area contributed by atoms with Crippen LogP contribution in [0, 0.1) is 3.57 Å². The van der Waals surface area contributed by atoms with E-state index in [0.717, 1.165) is 3.57 Å². The van der Waals surface area contributed by atoms with Gasteiger partial charge >= 0.3 is 11.9 Å². The third-order valence-electron chi connectivity index (χ3n) is 3.58. The molecule has 1 aliphatic heterocycles. The Morgan fingerprint density at radius 1 is 1.32 bits per heavy atom. The molecule has 1 aliphatic rings. The lowest BCUT2D eigenvalue weighted by atomic mass is 10.1. The Morgan fingerprint density at radius 2 is 2.07 bits per heavy atom. The molecule has 144 valence electrons. The van der Waals surface area contributed by atoms with Gasteiger partial charge in [0.1, 0.15) is 0 Å². The second-order valence-electron chi connectivity index (χ2n) is 5.59. The molecule has 0 amide bonds. The van der Waals surface area contributed by atoms with Gasteiger partial charge in [0.15, 0.2) is 17.2 Å². The highest BCUT2D eigenvalue weighted by atomic mass is 127. The van der Waals surface area contributed by atoms with Crippen LogP contribution in [0.3, 0.4) is 0 Å². The molecule has 3 rings (SSSR count). The fourth-order valence-corrected chi connectivity index (χ4v) is 3.64. The summed E-state index contributed by atoms with van der Waals surface area (Å²) in [4.78, 5) is 27.8. The molecule has 1 heterocycles. The van der Waals surface area contributed by atoms with Gasteiger partial charge in [0.25, 0.3) is 0 Å². The predicted molar refractivity (Wildman–Crippen MR) is 117 cm³/mol. The summed E-state index contributed by atoms with van der Waals surface area (Å²) >= 11 is 11.7. The van der Waals surface area contributed by atoms with Gasteiger partial charge in [0, 0.05) is 10.5 Å². The van der Waals surface area contributed by atoms with Gasteiger partial charge in [-0.2, -0.15) is 0 Å². The number of aliphatic imine (C=N–C) groups is 1. The first-order valence-corrected chi connectivity index (χ1v) is 10.1. The molecule has 9 heteroatoms. The Morgan fingerprint density at radius 3 is 2.75 bits per heavy atom. The first-order valence-electron chi connectivity index (χ1n) is 7.82. The fraction of sp³-hybridized carbons (Fsp3) is 0.105. The Balaban J connectivity index is 2.00. The van der Waals surface area contributed by atoms with Gasteiger partial charge in [-0.3, -0.25) is 4.79 Å². The number of cyclic esters (lactones) is 1. The molecule has 0 saturated carbocycles. The van der Waals surface area contributed by atoms with Crippen molar-refractivity contribution in [1.29, 1.82) is 0 Å². The second-order valence-corrected chi connectivity index (χ2v) is 8.10. The Hall–Kier alpha value is -1.91. The van der Waals surface area contributed by atoms with E-state index in [4.69, 9.17) is 25.8 Å². The van der Waals surface area contributed by atoms with Crippen molar-refractivity contribution in [3.05, 3.63) is 60.2 Å². The number of methoxy groups -OCH3 is 1. The van der Waals surface area contributed by atoms with Crippen LogP contribution >= 0.6 is 50.1 Å². The molecule has 2 aromatic rings. The molecular formula is C19H12BrClINO5. The number of halogens is 3. The van der Waals surface area contributed by atoms with Crippen molar-refractivity contribution >= 4 is 74.0 Å². The minimum absolute atomic E-state index is 0.110. The fourth-order valence-electron chi connectivity index (χ4n) is 2.41. The molecule has 6 nitrogen and oxygen atoms in total. The maximum atomic E-state index is 12.2. The highest BCUT2D eigenvalue weighted by Crippen LogP contribution is 2.37. The molecule has 2 aromatic carbocycles. The molecule has 28 heavy (non-hydrogen) atoms. The molecule has 0 unspecified atom stereocenters. The van der Waals surface area contributed by atoms with Crippen LogP contribution in [-0.4, -0.2) is 24.9 Å². The van der Waals surface area contributed by atoms with E-state index < -0.39 is 11.9 Å². The van der Waals surface area contributed by atoms with E-state index in [9.17, 15) is 9.59 Å². The predicted octanol–water partition coefficient (Wildman–Crippen LogP) is 4.99. The van der Waals surface area contributed by atoms with Crippen LogP contribution in [0.1, 0.15) is 18.1 Å². The van der Waals surface area contributed by atoms with Gasteiger partial charge in [-0.25, -0.2) is 9.79 Å². The standard InChI is InChI=1S/C19H12BrClINO5/c1-9(24)27-17-13(20)5-10(7-16(17)26-2)6-15-19(25)28-18(23-15)12-8-11(22)3-4-14(12)21/h3-8H,1-2H3/b15-6-. The minimum Gasteiger partial charge on any atom is -0.493 e. The number of rotatable bonds is 4. The molecule has 0 bridgehead atoms. The number of hydrogen-bond donors (Lipinski definition) is 0. The van der Waals surface area contributed by atoms with Crippen LogP contribution in [-0.2, 0) is 14.3 Å². The van der Waals surface area contributed by atoms with E-state index in [1.807, 2.05) is 6.07 Å². The number of ether oxygens (including phenoxy) is 3. The molecule has 0 radical (unpaired) electrons. The van der Waals surface area contributed by atoms with E-state index >= 15 is 0 Å². The van der Waals surface area contributed by atoms with Crippen molar-refractivity contribution in [2.24, 2.45) is 4.99 Å². The van der Waals surface area contributed by atoms with E-state index in [-0.39, 0.29) is 17.3 Å². The summed E-state index contributed by atoms with van der Waals surface area (Å²) in [5.74, 6) is -0.354. The summed E-state index contributed by atoms with van der Waals surface area (Å²) in [5.41, 5.74) is 1.25. The average Bonchev–Trinajstić information content (AvgIpc) is 2.99. The van der Waals surface area contributed by atoms with Gasteiger partial charge in [-0.15, -0.1) is 0 Å². The number of carbonyl (C=O) groups is 2. The first kappa shape index (κ1) is 20.8. The van der Waals surface area contributed by atoms with E-state index in [0.29, 0.717) is 26.4 Å². The number of benzene rings is 2. The highest BCUT2D eigenvalue weighted by Gasteiger charge is 2.26. The first-order chi connectivity index (χ1) is 13.3. The zero-order valence-corrected chi connectivity index (χ0v) is 19.1. The number of esters is 2. The normalized spacial score (nSPS) is 14.7. The minimum atomic E-state index is -0.593. The zero-order valence-electron chi connectivity index (χ0n) is 14.6. The van der Waals surface area contributed by atoms with Crippen molar-refractivity contribution < 1.29 is 23.8 Å². The van der Waals surface area contributed by atoms with Crippen LogP contribution in [0.2, 0.25) is 5.02 Å². The van der Waals surface area contributed by atoms with Crippen LogP contribution in [0.25, 0.3) is 6.08 Å². The van der Waals surface area contributed by atoms with Crippen molar-refractivity contribution in [1.82, 2.24) is 0 Å². The van der Waals surface area contributed by atoms with Crippen molar-refractivity contribution in [3.8, 4) is 11.5 Å². The summed E-state index contributed by atoms with van der Waals surface area (Å²) in [5, 5.41) is 0.434. The van der Waals surface area contributed by atoms with Crippen molar-refractivity contribution in [3.63, 3.8) is 0 Å². The van der Waals surface area contributed by atoms with Crippen molar-refractivity contribution in [2.45, 2.75) is 6.92 Å². The highest BCUT2D eigenvalue weighted by molar-refractivity contribution is 14.1. The summed E-state index contributed by atoms with van der Waals surface area (Å²) in [7, 11) is 1.45. The lowest BCUT2D eigenvalue weighted by molar-refractivity contribution is -0.132. The molecule has 0 N–H and O–H groups in total. The smallest absolute Gasteiger partial charge is 0.363 e. The summed E-state index contributed by atoms with van der Waals surface area (Å²) < 4.78 is 17.1. The summed E-state index contributed by atoms with van der Waals surface area (Å²) in [6.45, 7) is 1.29. The van der Waals surface area contributed by atoms with E-state index in [2.05, 4.69) is 43.5 Å². The van der Waals surface area contributed by atoms with Gasteiger partial charge in [-0.05, 0) is 80.5 Å². The van der Waals surface area contributed by atoms with E-state index in [1.54, 1.807) is 30.3 Å². The number of carbonyl (C=O) groups excluding carboxylic acids is 2. The number of nitrogens with zero attached hydrogens (tertiary/aromatic N) is 1. The Kier molecular flexibility index (Phi) is 6.41. The SMILES string of the molecule is COc1cc(/C=C2\N=C(c3cc(I)ccc3Cl)OC2=O)cc(Br)c1OC(C)=O. The van der Waals surface area contributed by atoms with Gasteiger partial charge in [0.05, 0.1) is 22.2 Å². The molecule has 0 saturated heterocycles. The molecule has 0 atom stereocenters. The van der Waals surface area contributed by atoms with Gasteiger partial charge in [-0.1, -0.05) is 11.6 Å². The van der Waals surface area contributed by atoms with Crippen LogP contribution in [0.4, 0.5) is 0 Å². The summed E-state index contributed by atoms with van der Waals surface area (Å²) in [6, 6.07) is 8.63. The average molecular weight is 577 g/mol. The molecule has 0 aromatic heterocycles. The zero-order chi connectivity index (χ0) is 20.4. The van der Waals surface area contributed by atoms with Crippen LogP contribution in [0.15, 0.2) is 45.5 Å². The monoisotopic (exact) mass is 575 g/mol. The third kappa shape index (κ3) is 4.56. The quantitative estimate of drug-likeness (QED) is 0.222. The Bertz CT molecular complexity index is 1050. The Labute approximate surface area is 187 Å². The maximum Gasteiger partial charge on any atom is 0.363 e. The van der Waals surface area contributed by atoms with Gasteiger partial charge in [0.2, 0.25) is 5.90 Å². The third-order valence-corrected chi connectivity index (χ3v) is 5.17. The summed E-state index contributed by atoms with van der Waals surface area (Å²) in [6.07, 6.45) is 1.54. The largest absolute Gasteiger partial charge is 0.493 e. The molecule has 0 aliphatic carbocycles. The lowest BCUT2D eigenvalue weighted by Gasteiger charge is -2.11. The van der Waals surface area contributed by atoms with Gasteiger partial charge < -0.3 is 14.2 Å². The second kappa shape index (κ2) is 8.62. The molecule has 0 fully saturated rings. The topological polar surface area (TPSA) is 74.2 Å². The molecular weight excluding hydrogens is 564 g/mol. The van der Waals surface area contributed by atoms with Crippen LogP contribution < -0.4 is 9.47 Å². The van der Waals surface area contributed by atoms with E-state index in [1.165, 1.54) is 14.0 Å². The molecule has 0 spiro atoms. The van der Waals surface area contributed by atoms with Crippen LogP contribution in [0.5, 0.6) is 11.5 Å². The van der Waals surface area contributed by atoms with Crippen molar-refractivity contribution in [2.75, 3.05) is 7.11 Å². The number of hydrogen-bond acceptors (Lipinski definition) is 6. The lowest BCUT2D eigenvalue weighted by Crippen LogP contribution is -2.06.